The lowest BCUT2D eigenvalue weighted by Crippen LogP contribution is -2.22. The van der Waals surface area contributed by atoms with Gasteiger partial charge in [-0.2, -0.15) is 0 Å². The molecule has 0 bridgehead atoms. The molecule has 0 saturated carbocycles. The minimum absolute atomic E-state index is 0.130. The predicted octanol–water partition coefficient (Wildman–Crippen LogP) is 2.91. The van der Waals surface area contributed by atoms with Crippen LogP contribution >= 0.6 is 0 Å². The Balaban J connectivity index is 2.56. The fourth-order valence-electron chi connectivity index (χ4n) is 1.57. The van der Waals surface area contributed by atoms with Gasteiger partial charge in [0.25, 0.3) is 0 Å². The Bertz CT molecular complexity index is 388. The smallest absolute Gasteiger partial charge is 0.310 e. The monoisotopic (exact) mass is 235 g/mol. The van der Waals surface area contributed by atoms with Crippen LogP contribution in [0.1, 0.15) is 25.0 Å². The summed E-state index contributed by atoms with van der Waals surface area (Å²) in [7, 11) is 0. The molecule has 0 amide bonds. The highest BCUT2D eigenvalue weighted by Crippen LogP contribution is 2.18. The Morgan fingerprint density at radius 1 is 1.41 bits per heavy atom. The van der Waals surface area contributed by atoms with Crippen LogP contribution in [-0.2, 0) is 9.53 Å². The van der Waals surface area contributed by atoms with Crippen molar-refractivity contribution in [2.75, 3.05) is 18.5 Å². The molecule has 0 fully saturated rings. The Hall–Kier alpha value is -1.51. The maximum absolute atomic E-state index is 11.5. The molecule has 3 nitrogen and oxygen atoms in total. The Labute approximate surface area is 103 Å². The summed E-state index contributed by atoms with van der Waals surface area (Å²) in [5, 5.41) is 3.29. The topological polar surface area (TPSA) is 38.3 Å². The van der Waals surface area contributed by atoms with E-state index in [0.717, 1.165) is 5.69 Å². The number of esters is 1. The first-order valence-corrected chi connectivity index (χ1v) is 6.03. The van der Waals surface area contributed by atoms with Crippen LogP contribution in [0.3, 0.4) is 0 Å². The van der Waals surface area contributed by atoms with Crippen LogP contribution in [0, 0.1) is 19.8 Å². The third kappa shape index (κ3) is 3.77. The maximum Gasteiger partial charge on any atom is 0.310 e. The van der Waals surface area contributed by atoms with E-state index in [1.54, 1.807) is 0 Å². The van der Waals surface area contributed by atoms with E-state index in [1.165, 1.54) is 11.1 Å². The molecular formula is C14H21NO2. The zero-order valence-corrected chi connectivity index (χ0v) is 11.0. The van der Waals surface area contributed by atoms with Crippen LogP contribution in [0.15, 0.2) is 18.2 Å². The summed E-state index contributed by atoms with van der Waals surface area (Å²) in [6.07, 6.45) is 0. The molecule has 0 heterocycles. The van der Waals surface area contributed by atoms with Gasteiger partial charge in [0.1, 0.15) is 0 Å². The average molecular weight is 235 g/mol. The molecule has 0 radical (unpaired) electrons. The third-order valence-electron chi connectivity index (χ3n) is 2.89. The van der Waals surface area contributed by atoms with Crippen LogP contribution < -0.4 is 5.32 Å². The minimum atomic E-state index is -0.148. The van der Waals surface area contributed by atoms with Crippen LogP contribution in [0.4, 0.5) is 5.69 Å². The Morgan fingerprint density at radius 2 is 2.12 bits per heavy atom. The lowest BCUT2D eigenvalue weighted by Gasteiger charge is -2.15. The van der Waals surface area contributed by atoms with Gasteiger partial charge in [-0.15, -0.1) is 0 Å². The molecule has 1 rings (SSSR count). The van der Waals surface area contributed by atoms with Crippen LogP contribution in [0.5, 0.6) is 0 Å². The largest absolute Gasteiger partial charge is 0.466 e. The highest BCUT2D eigenvalue weighted by molar-refractivity contribution is 5.72. The van der Waals surface area contributed by atoms with Crippen molar-refractivity contribution in [1.82, 2.24) is 0 Å². The summed E-state index contributed by atoms with van der Waals surface area (Å²) >= 11 is 0. The summed E-state index contributed by atoms with van der Waals surface area (Å²) in [5.41, 5.74) is 3.56. The molecule has 0 aromatic heterocycles. The summed E-state index contributed by atoms with van der Waals surface area (Å²) < 4.78 is 4.97. The molecule has 1 aromatic rings. The van der Waals surface area contributed by atoms with Gasteiger partial charge >= 0.3 is 5.97 Å². The van der Waals surface area contributed by atoms with Crippen molar-refractivity contribution in [1.29, 1.82) is 0 Å². The summed E-state index contributed by atoms with van der Waals surface area (Å²) in [4.78, 5) is 11.5. The molecule has 94 valence electrons. The second-order valence-electron chi connectivity index (χ2n) is 4.28. The SMILES string of the molecule is CCOC(=O)C(C)CNc1cccc(C)c1C. The summed E-state index contributed by atoms with van der Waals surface area (Å²) in [6.45, 7) is 8.89. The molecule has 1 atom stereocenters. The Morgan fingerprint density at radius 3 is 2.76 bits per heavy atom. The second-order valence-corrected chi connectivity index (χ2v) is 4.28. The third-order valence-corrected chi connectivity index (χ3v) is 2.89. The standard InChI is InChI=1S/C14H21NO2/c1-5-17-14(16)11(3)9-15-13-8-6-7-10(2)12(13)4/h6-8,11,15H,5,9H2,1-4H3. The fraction of sp³-hybridized carbons (Fsp3) is 0.500. The van der Waals surface area contributed by atoms with Crippen LogP contribution in [0.2, 0.25) is 0 Å². The van der Waals surface area contributed by atoms with E-state index < -0.39 is 0 Å². The zero-order valence-electron chi connectivity index (χ0n) is 11.0. The van der Waals surface area contributed by atoms with Gasteiger partial charge < -0.3 is 10.1 Å². The molecule has 1 unspecified atom stereocenters. The lowest BCUT2D eigenvalue weighted by atomic mass is 10.1. The molecule has 17 heavy (non-hydrogen) atoms. The van der Waals surface area contributed by atoms with Gasteiger partial charge in [-0.3, -0.25) is 4.79 Å². The second kappa shape index (κ2) is 6.28. The number of hydrogen-bond donors (Lipinski definition) is 1. The molecule has 3 heteroatoms. The predicted molar refractivity (Wildman–Crippen MR) is 70.2 cm³/mol. The van der Waals surface area contributed by atoms with E-state index in [1.807, 2.05) is 26.0 Å². The Kier molecular flexibility index (Phi) is 5.01. The van der Waals surface area contributed by atoms with Gasteiger partial charge in [0.15, 0.2) is 0 Å². The normalized spacial score (nSPS) is 12.0. The van der Waals surface area contributed by atoms with Gasteiger partial charge in [0, 0.05) is 12.2 Å². The fourth-order valence-corrected chi connectivity index (χ4v) is 1.57. The number of carbonyl (C=O) groups is 1. The number of carbonyl (C=O) groups excluding carboxylic acids is 1. The maximum atomic E-state index is 11.5. The van der Waals surface area contributed by atoms with Gasteiger partial charge in [-0.1, -0.05) is 19.1 Å². The average Bonchev–Trinajstić information content (AvgIpc) is 2.31. The molecule has 0 aliphatic heterocycles. The van der Waals surface area contributed by atoms with Gasteiger partial charge in [-0.25, -0.2) is 0 Å². The molecule has 0 spiro atoms. The van der Waals surface area contributed by atoms with E-state index >= 15 is 0 Å². The van der Waals surface area contributed by atoms with E-state index in [2.05, 4.69) is 25.2 Å². The van der Waals surface area contributed by atoms with Crippen molar-refractivity contribution in [3.63, 3.8) is 0 Å². The summed E-state index contributed by atoms with van der Waals surface area (Å²) in [6, 6.07) is 6.12. The van der Waals surface area contributed by atoms with Crippen molar-refractivity contribution < 1.29 is 9.53 Å². The van der Waals surface area contributed by atoms with Crippen molar-refractivity contribution >= 4 is 11.7 Å². The quantitative estimate of drug-likeness (QED) is 0.797. The molecular weight excluding hydrogens is 214 g/mol. The zero-order chi connectivity index (χ0) is 12.8. The molecule has 0 saturated heterocycles. The van der Waals surface area contributed by atoms with Crippen molar-refractivity contribution in [3.05, 3.63) is 29.3 Å². The van der Waals surface area contributed by atoms with E-state index in [9.17, 15) is 4.79 Å². The first-order chi connectivity index (χ1) is 8.06. The van der Waals surface area contributed by atoms with Crippen molar-refractivity contribution in [2.24, 2.45) is 5.92 Å². The van der Waals surface area contributed by atoms with Gasteiger partial charge in [-0.05, 0) is 38.0 Å². The molecule has 1 aromatic carbocycles. The van der Waals surface area contributed by atoms with E-state index in [4.69, 9.17) is 4.74 Å². The number of aryl methyl sites for hydroxylation is 1. The molecule has 1 N–H and O–H groups in total. The minimum Gasteiger partial charge on any atom is -0.466 e. The van der Waals surface area contributed by atoms with Gasteiger partial charge in [0.05, 0.1) is 12.5 Å². The van der Waals surface area contributed by atoms with E-state index in [0.29, 0.717) is 13.2 Å². The number of anilines is 1. The first kappa shape index (κ1) is 13.6. The lowest BCUT2D eigenvalue weighted by molar-refractivity contribution is -0.146. The van der Waals surface area contributed by atoms with Crippen LogP contribution in [-0.4, -0.2) is 19.1 Å². The number of benzene rings is 1. The van der Waals surface area contributed by atoms with Crippen molar-refractivity contribution in [2.45, 2.75) is 27.7 Å². The molecule has 0 aliphatic rings. The number of ether oxygens (including phenoxy) is 1. The number of rotatable bonds is 5. The number of hydrogen-bond acceptors (Lipinski definition) is 3. The first-order valence-electron chi connectivity index (χ1n) is 6.03. The van der Waals surface area contributed by atoms with Gasteiger partial charge in [0.2, 0.25) is 0 Å². The highest BCUT2D eigenvalue weighted by atomic mass is 16.5. The van der Waals surface area contributed by atoms with E-state index in [-0.39, 0.29) is 11.9 Å². The van der Waals surface area contributed by atoms with Crippen LogP contribution in [0.25, 0.3) is 0 Å². The highest BCUT2D eigenvalue weighted by Gasteiger charge is 2.13. The molecule has 0 aliphatic carbocycles. The van der Waals surface area contributed by atoms with Crippen molar-refractivity contribution in [3.8, 4) is 0 Å². The number of nitrogens with one attached hydrogen (secondary N) is 1. The summed E-state index contributed by atoms with van der Waals surface area (Å²) in [5.74, 6) is -0.278.